The summed E-state index contributed by atoms with van der Waals surface area (Å²) in [7, 11) is 0. The second-order valence-electron chi connectivity index (χ2n) is 18.1. The zero-order valence-electron chi connectivity index (χ0n) is 38.0. The molecule has 0 aliphatic carbocycles. The predicted octanol–water partition coefficient (Wildman–Crippen LogP) is 4.76. The van der Waals surface area contributed by atoms with Gasteiger partial charge in [0.15, 0.2) is 5.82 Å². The number of aromatic nitrogens is 4. The molecule has 1 atom stereocenters. The molecule has 68 heavy (non-hydrogen) atoms. The van der Waals surface area contributed by atoms with E-state index in [1.54, 1.807) is 0 Å². The molecule has 0 spiro atoms. The number of rotatable bonds is 12. The first kappa shape index (κ1) is 47.5. The Morgan fingerprint density at radius 1 is 0.941 bits per heavy atom. The lowest BCUT2D eigenvalue weighted by molar-refractivity contribution is -0.182. The number of imide groups is 2. The molecule has 0 radical (unpaired) electrons. The van der Waals surface area contributed by atoms with Crippen LogP contribution in [0.25, 0.3) is 11.1 Å². The minimum Gasteiger partial charge on any atom is -0.404 e. The van der Waals surface area contributed by atoms with Crippen LogP contribution in [0.3, 0.4) is 0 Å². The minimum atomic E-state index is -4.56. The third kappa shape index (κ3) is 9.43. The Bertz CT molecular complexity index is 2700. The first-order valence-electron chi connectivity index (χ1n) is 22.4. The Kier molecular flexibility index (Phi) is 13.2. The molecule has 1 unspecified atom stereocenters. The molecule has 8 rings (SSSR count). The minimum absolute atomic E-state index is 0.000318. The Balaban J connectivity index is 0.818. The molecule has 5 N–H and O–H groups in total. The van der Waals surface area contributed by atoms with Gasteiger partial charge in [-0.15, -0.1) is 0 Å². The van der Waals surface area contributed by atoms with Gasteiger partial charge in [0, 0.05) is 76.4 Å². The second-order valence-corrected chi connectivity index (χ2v) is 18.1. The van der Waals surface area contributed by atoms with E-state index in [1.807, 2.05) is 49.2 Å². The maximum Gasteiger partial charge on any atom is 0.401 e. The summed E-state index contributed by atoms with van der Waals surface area (Å²) in [6, 6.07) is 9.19. The summed E-state index contributed by atoms with van der Waals surface area (Å²) in [6.07, 6.45) is 1.67. The lowest BCUT2D eigenvalue weighted by Crippen LogP contribution is -2.54. The fraction of sp³-hybridized carbons (Fsp3) is 0.426. The van der Waals surface area contributed by atoms with Crippen LogP contribution in [0.2, 0.25) is 0 Å². The number of aliphatic imine (C=N–C) groups is 1. The van der Waals surface area contributed by atoms with Crippen molar-refractivity contribution in [3.8, 4) is 11.1 Å². The van der Waals surface area contributed by atoms with E-state index in [2.05, 4.69) is 40.6 Å². The number of aryl methyl sites for hydroxylation is 1. The van der Waals surface area contributed by atoms with Crippen molar-refractivity contribution in [1.82, 2.24) is 40.6 Å². The lowest BCUT2D eigenvalue weighted by Gasteiger charge is -2.40. The fourth-order valence-electron chi connectivity index (χ4n) is 9.11. The predicted molar refractivity (Wildman–Crippen MR) is 244 cm³/mol. The number of pyridine rings is 1. The number of carbonyl (C=O) groups is 5. The van der Waals surface area contributed by atoms with Gasteiger partial charge < -0.3 is 20.9 Å². The summed E-state index contributed by atoms with van der Waals surface area (Å²) in [5.74, 6) is -2.86. The molecule has 4 aliphatic rings. The van der Waals surface area contributed by atoms with Crippen molar-refractivity contribution in [3.05, 3.63) is 94.1 Å². The summed E-state index contributed by atoms with van der Waals surface area (Å²) >= 11 is 0. The van der Waals surface area contributed by atoms with Gasteiger partial charge in [-0.1, -0.05) is 6.07 Å². The first-order chi connectivity index (χ1) is 32.3. The first-order valence-corrected chi connectivity index (χ1v) is 22.4. The van der Waals surface area contributed by atoms with Gasteiger partial charge in [0.2, 0.25) is 11.8 Å². The molecule has 21 heteroatoms. The van der Waals surface area contributed by atoms with Crippen molar-refractivity contribution in [3.63, 3.8) is 0 Å². The average molecular weight is 941 g/mol. The van der Waals surface area contributed by atoms with Crippen LogP contribution >= 0.6 is 0 Å². The van der Waals surface area contributed by atoms with E-state index < -0.39 is 58.8 Å². The van der Waals surface area contributed by atoms with Crippen molar-refractivity contribution >= 4 is 52.9 Å². The van der Waals surface area contributed by atoms with Gasteiger partial charge in [0.25, 0.3) is 17.7 Å². The molecule has 0 bridgehead atoms. The molecule has 17 nitrogen and oxygen atoms in total. The molecule has 4 aromatic rings. The normalized spacial score (nSPS) is 19.0. The number of amides is 5. The van der Waals surface area contributed by atoms with Gasteiger partial charge in [-0.3, -0.25) is 49.2 Å². The van der Waals surface area contributed by atoms with Gasteiger partial charge in [-0.05, 0) is 99.9 Å². The molecule has 6 heterocycles. The molecule has 3 saturated heterocycles. The van der Waals surface area contributed by atoms with Crippen molar-refractivity contribution < 1.29 is 41.5 Å². The third-order valence-electron chi connectivity index (χ3n) is 13.4. The molecule has 2 aromatic heterocycles. The van der Waals surface area contributed by atoms with Crippen molar-refractivity contribution in [2.75, 3.05) is 55.6 Å². The van der Waals surface area contributed by atoms with E-state index in [9.17, 15) is 37.1 Å². The van der Waals surface area contributed by atoms with Crippen LogP contribution in [0.1, 0.15) is 83.0 Å². The summed E-state index contributed by atoms with van der Waals surface area (Å²) < 4.78 is 55.8. The molecular weight excluding hydrogens is 889 g/mol. The number of benzene rings is 2. The fourth-order valence-corrected chi connectivity index (χ4v) is 9.11. The number of piperidine rings is 2. The molecule has 3 fully saturated rings. The van der Waals surface area contributed by atoms with Gasteiger partial charge in [-0.25, -0.2) is 14.4 Å². The van der Waals surface area contributed by atoms with Crippen LogP contribution in [0, 0.1) is 25.6 Å². The van der Waals surface area contributed by atoms with E-state index in [0.29, 0.717) is 37.8 Å². The van der Waals surface area contributed by atoms with Crippen LogP contribution in [0.15, 0.2) is 59.4 Å². The number of carbonyl (C=O) groups excluding carboxylic acids is 5. The van der Waals surface area contributed by atoms with E-state index in [-0.39, 0.29) is 47.6 Å². The highest BCUT2D eigenvalue weighted by atomic mass is 19.4. The van der Waals surface area contributed by atoms with Crippen LogP contribution in [-0.4, -0.2) is 124 Å². The number of nitrogens with two attached hydrogens (primary N) is 1. The van der Waals surface area contributed by atoms with Gasteiger partial charge in [0.1, 0.15) is 28.9 Å². The van der Waals surface area contributed by atoms with Gasteiger partial charge in [-0.2, -0.15) is 18.3 Å². The number of fused-ring (bicyclic) bond motifs is 1. The number of aromatic amines is 1. The number of hydrogen-bond donors (Lipinski definition) is 4. The Morgan fingerprint density at radius 3 is 2.29 bits per heavy atom. The molecule has 2 aromatic carbocycles. The second kappa shape index (κ2) is 18.9. The Labute approximate surface area is 389 Å². The van der Waals surface area contributed by atoms with Gasteiger partial charge in [0.05, 0.1) is 34.6 Å². The largest absolute Gasteiger partial charge is 0.404 e. The number of piperazine rings is 1. The maximum absolute atomic E-state index is 15.5. The topological polar surface area (TPSA) is 215 Å². The molecular formula is C47H52F4N12O5. The zero-order valence-corrected chi connectivity index (χ0v) is 38.0. The van der Waals surface area contributed by atoms with Crippen molar-refractivity contribution in [2.24, 2.45) is 16.6 Å². The Morgan fingerprint density at radius 2 is 1.65 bits per heavy atom. The van der Waals surface area contributed by atoms with Crippen LogP contribution in [0.5, 0.6) is 0 Å². The average Bonchev–Trinajstić information content (AvgIpc) is 3.89. The zero-order chi connectivity index (χ0) is 48.7. The lowest BCUT2D eigenvalue weighted by atomic mass is 9.92. The smallest absolute Gasteiger partial charge is 0.401 e. The highest BCUT2D eigenvalue weighted by Gasteiger charge is 2.51. The van der Waals surface area contributed by atoms with Crippen molar-refractivity contribution in [2.45, 2.75) is 77.6 Å². The van der Waals surface area contributed by atoms with Crippen LogP contribution in [0.4, 0.5) is 34.8 Å². The summed E-state index contributed by atoms with van der Waals surface area (Å²) in [6.45, 7) is 10.7. The maximum atomic E-state index is 15.5. The number of nitrogens with one attached hydrogen (secondary N) is 3. The highest BCUT2D eigenvalue weighted by molar-refractivity contribution is 6.23. The van der Waals surface area contributed by atoms with E-state index in [4.69, 9.17) is 10.7 Å². The number of alkyl halides is 3. The summed E-state index contributed by atoms with van der Waals surface area (Å²) in [4.78, 5) is 84.2. The summed E-state index contributed by atoms with van der Waals surface area (Å²) in [5.41, 5.74) is 8.04. The SMILES string of the molecule is Cc1ccc(N=C/C(=C\N)C(=O)NCc2nc(C(C)(C)C(F)(F)F)n[nH]2)c(C)c1-c1ccc(N2CCC(CN3CCN(c4cc5c(cc4F)C(=O)N(C4CCC(=O)NC4=O)C5=O)CC3)CC2)nc1. The van der Waals surface area contributed by atoms with Gasteiger partial charge >= 0.3 is 6.18 Å². The highest BCUT2D eigenvalue weighted by Crippen LogP contribution is 2.39. The number of nitrogens with zero attached hydrogens (tertiary/aromatic N) is 8. The number of anilines is 2. The molecule has 358 valence electrons. The quantitative estimate of drug-likeness (QED) is 0.0655. The number of hydrogen-bond acceptors (Lipinski definition) is 13. The van der Waals surface area contributed by atoms with E-state index in [0.717, 1.165) is 91.6 Å². The Hall–Kier alpha value is -7.03. The third-order valence-corrected chi connectivity index (χ3v) is 13.4. The van der Waals surface area contributed by atoms with Crippen LogP contribution in [-0.2, 0) is 26.3 Å². The van der Waals surface area contributed by atoms with Crippen LogP contribution < -0.4 is 26.2 Å². The number of halogens is 4. The van der Waals surface area contributed by atoms with Crippen molar-refractivity contribution in [1.29, 1.82) is 0 Å². The molecule has 4 aliphatic heterocycles. The summed E-state index contributed by atoms with van der Waals surface area (Å²) in [5, 5.41) is 10.9. The van der Waals surface area contributed by atoms with E-state index >= 15 is 4.39 Å². The number of H-pyrrole nitrogens is 1. The monoisotopic (exact) mass is 940 g/mol. The molecule has 5 amide bonds. The van der Waals surface area contributed by atoms with E-state index in [1.165, 1.54) is 12.3 Å². The molecule has 0 saturated carbocycles. The standard InChI is InChI=1S/C47H52F4N12O5/c1-26-5-7-34(53-23-30(21-52)41(65)55-24-37-56-45(59-58-37)46(3,4)47(49,50)51)27(2)40(26)29-6-9-38(54-22-29)62-13-11-28(12-14-62)25-60-15-17-61(18-16-60)36-20-32-31(19-33(36)48)43(67)63(44(32)68)35-8-10-39(64)57-42(35)66/h5-7,9,19-23,28,35H,8,10-18,24-25,52H2,1-4H3,(H,55,65)(H,56,58,59)(H,57,64,66)/b30-21+,53-23?.